The molecule has 2 aromatic carbocycles. The number of carbonyl (C=O) groups is 2. The summed E-state index contributed by atoms with van der Waals surface area (Å²) in [7, 11) is 0. The van der Waals surface area contributed by atoms with Gasteiger partial charge in [-0.3, -0.25) is 4.79 Å². The maximum absolute atomic E-state index is 12.3. The highest BCUT2D eigenvalue weighted by atomic mass is 16.6. The Morgan fingerprint density at radius 1 is 0.900 bits per heavy atom. The third-order valence-corrected chi connectivity index (χ3v) is 4.45. The van der Waals surface area contributed by atoms with Gasteiger partial charge in [0, 0.05) is 17.8 Å². The number of fused-ring (bicyclic) bond motifs is 2. The van der Waals surface area contributed by atoms with E-state index < -0.39 is 18.0 Å². The molecule has 1 atom stereocenters. The third kappa shape index (κ3) is 4.65. The molecule has 0 spiro atoms. The minimum atomic E-state index is -0.976. The van der Waals surface area contributed by atoms with Crippen LogP contribution in [0.15, 0.2) is 42.5 Å². The molecule has 2 aliphatic heterocycles. The Kier molecular flexibility index (Phi) is 5.74. The maximum Gasteiger partial charge on any atom is 0.331 e. The van der Waals surface area contributed by atoms with Crippen LogP contribution in [0.25, 0.3) is 6.08 Å². The van der Waals surface area contributed by atoms with Gasteiger partial charge < -0.3 is 29.0 Å². The number of nitrogens with one attached hydrogen (secondary N) is 1. The van der Waals surface area contributed by atoms with E-state index in [1.165, 1.54) is 13.0 Å². The summed E-state index contributed by atoms with van der Waals surface area (Å²) < 4.78 is 27.1. The van der Waals surface area contributed by atoms with E-state index >= 15 is 0 Å². The van der Waals surface area contributed by atoms with Crippen molar-refractivity contribution in [2.45, 2.75) is 13.0 Å². The second-order valence-electron chi connectivity index (χ2n) is 6.66. The van der Waals surface area contributed by atoms with Gasteiger partial charge >= 0.3 is 5.97 Å². The molecule has 4 rings (SSSR count). The minimum absolute atomic E-state index is 0.451. The van der Waals surface area contributed by atoms with Crippen molar-refractivity contribution < 1.29 is 33.3 Å². The van der Waals surface area contributed by atoms with Crippen LogP contribution in [0.3, 0.4) is 0 Å². The first-order chi connectivity index (χ1) is 14.6. The monoisotopic (exact) mass is 411 g/mol. The van der Waals surface area contributed by atoms with E-state index in [1.54, 1.807) is 42.5 Å². The van der Waals surface area contributed by atoms with Crippen LogP contribution in [-0.2, 0) is 14.3 Å². The largest absolute Gasteiger partial charge is 0.486 e. The van der Waals surface area contributed by atoms with E-state index in [1.807, 2.05) is 0 Å². The van der Waals surface area contributed by atoms with Crippen LogP contribution < -0.4 is 24.3 Å². The van der Waals surface area contributed by atoms with Crippen LogP contribution in [0.5, 0.6) is 23.0 Å². The lowest BCUT2D eigenvalue weighted by atomic mass is 10.2. The Balaban J connectivity index is 1.31. The Bertz CT molecular complexity index is 985. The summed E-state index contributed by atoms with van der Waals surface area (Å²) >= 11 is 0. The van der Waals surface area contributed by atoms with Gasteiger partial charge in [0.2, 0.25) is 0 Å². The van der Waals surface area contributed by atoms with E-state index in [9.17, 15) is 9.59 Å². The molecule has 1 N–H and O–H groups in total. The first-order valence-electron chi connectivity index (χ1n) is 9.57. The predicted molar refractivity (Wildman–Crippen MR) is 108 cm³/mol. The lowest BCUT2D eigenvalue weighted by Crippen LogP contribution is -2.29. The zero-order valence-electron chi connectivity index (χ0n) is 16.4. The number of hydrogen-bond acceptors (Lipinski definition) is 7. The summed E-state index contributed by atoms with van der Waals surface area (Å²) in [5, 5.41) is 2.70. The second kappa shape index (κ2) is 8.77. The minimum Gasteiger partial charge on any atom is -0.486 e. The first-order valence-corrected chi connectivity index (χ1v) is 9.57. The third-order valence-electron chi connectivity index (χ3n) is 4.45. The Morgan fingerprint density at radius 3 is 2.20 bits per heavy atom. The van der Waals surface area contributed by atoms with Crippen molar-refractivity contribution in [3.05, 3.63) is 48.0 Å². The second-order valence-corrected chi connectivity index (χ2v) is 6.66. The summed E-state index contributed by atoms with van der Waals surface area (Å²) in [6, 6.07) is 10.4. The van der Waals surface area contributed by atoms with Crippen LogP contribution in [0.1, 0.15) is 12.5 Å². The zero-order chi connectivity index (χ0) is 20.9. The Morgan fingerprint density at radius 2 is 1.50 bits per heavy atom. The van der Waals surface area contributed by atoms with Crippen molar-refractivity contribution in [2.24, 2.45) is 0 Å². The highest BCUT2D eigenvalue weighted by Gasteiger charge is 2.19. The maximum atomic E-state index is 12.3. The topological polar surface area (TPSA) is 92.3 Å². The van der Waals surface area contributed by atoms with Gasteiger partial charge in [-0.05, 0) is 42.8 Å². The lowest BCUT2D eigenvalue weighted by Gasteiger charge is -2.19. The molecular weight excluding hydrogens is 390 g/mol. The van der Waals surface area contributed by atoms with E-state index in [0.717, 1.165) is 5.56 Å². The van der Waals surface area contributed by atoms with Crippen molar-refractivity contribution in [3.8, 4) is 23.0 Å². The van der Waals surface area contributed by atoms with Crippen LogP contribution in [0.2, 0.25) is 0 Å². The van der Waals surface area contributed by atoms with Gasteiger partial charge in [0.1, 0.15) is 26.4 Å². The fraction of sp³-hybridized carbons (Fsp3) is 0.273. The number of esters is 1. The fourth-order valence-electron chi connectivity index (χ4n) is 2.96. The molecule has 2 heterocycles. The van der Waals surface area contributed by atoms with Crippen molar-refractivity contribution in [3.63, 3.8) is 0 Å². The molecule has 0 bridgehead atoms. The van der Waals surface area contributed by atoms with Gasteiger partial charge in [-0.15, -0.1) is 0 Å². The van der Waals surface area contributed by atoms with E-state index in [0.29, 0.717) is 55.1 Å². The molecule has 2 aliphatic rings. The smallest absolute Gasteiger partial charge is 0.331 e. The van der Waals surface area contributed by atoms with Crippen LogP contribution in [0, 0.1) is 0 Å². The highest BCUT2D eigenvalue weighted by molar-refractivity contribution is 5.96. The van der Waals surface area contributed by atoms with Gasteiger partial charge in [0.15, 0.2) is 29.1 Å². The lowest BCUT2D eigenvalue weighted by molar-refractivity contribution is -0.148. The molecular formula is C22H21NO7. The van der Waals surface area contributed by atoms with E-state index in [-0.39, 0.29) is 0 Å². The molecule has 0 aliphatic carbocycles. The number of anilines is 1. The van der Waals surface area contributed by atoms with Gasteiger partial charge in [-0.2, -0.15) is 0 Å². The number of hydrogen-bond donors (Lipinski definition) is 1. The molecule has 1 amide bonds. The fourth-order valence-corrected chi connectivity index (χ4v) is 2.96. The predicted octanol–water partition coefficient (Wildman–Crippen LogP) is 2.81. The summed E-state index contributed by atoms with van der Waals surface area (Å²) in [6.07, 6.45) is 1.88. The summed E-state index contributed by atoms with van der Waals surface area (Å²) in [4.78, 5) is 24.4. The number of rotatable bonds is 5. The zero-order valence-corrected chi connectivity index (χ0v) is 16.4. The molecule has 0 fully saturated rings. The Hall–Kier alpha value is -3.68. The molecule has 0 radical (unpaired) electrons. The number of amides is 1. The molecule has 2 aromatic rings. The normalized spacial score (nSPS) is 15.4. The van der Waals surface area contributed by atoms with Gasteiger partial charge in [0.05, 0.1) is 0 Å². The van der Waals surface area contributed by atoms with E-state index in [2.05, 4.69) is 5.32 Å². The average molecular weight is 411 g/mol. The molecule has 0 saturated carbocycles. The summed E-state index contributed by atoms with van der Waals surface area (Å²) in [5.41, 5.74) is 1.28. The standard InChI is InChI=1S/C22H21NO7/c1-14(22(25)23-16-4-6-18-20(13-16)29-11-9-27-18)30-21(24)7-3-15-2-5-17-19(12-15)28-10-8-26-17/h2-7,12-14H,8-11H2,1H3,(H,23,25)/b7-3+/t14-/m1/s1. The average Bonchev–Trinajstić information content (AvgIpc) is 2.77. The van der Waals surface area contributed by atoms with Crippen molar-refractivity contribution in [1.82, 2.24) is 0 Å². The first kappa shape index (κ1) is 19.6. The van der Waals surface area contributed by atoms with Gasteiger partial charge in [0.25, 0.3) is 5.91 Å². The Labute approximate surface area is 173 Å². The van der Waals surface area contributed by atoms with Crippen LogP contribution in [-0.4, -0.2) is 44.4 Å². The molecule has 0 saturated heterocycles. The number of carbonyl (C=O) groups excluding carboxylic acids is 2. The highest BCUT2D eigenvalue weighted by Crippen LogP contribution is 2.33. The van der Waals surface area contributed by atoms with Crippen molar-refractivity contribution in [1.29, 1.82) is 0 Å². The molecule has 0 unspecified atom stereocenters. The summed E-state index contributed by atoms with van der Waals surface area (Å²) in [6.45, 7) is 3.45. The van der Waals surface area contributed by atoms with Crippen LogP contribution in [0.4, 0.5) is 5.69 Å². The summed E-state index contributed by atoms with van der Waals surface area (Å²) in [5.74, 6) is 1.41. The molecule has 30 heavy (non-hydrogen) atoms. The molecule has 0 aromatic heterocycles. The number of ether oxygens (including phenoxy) is 5. The SMILES string of the molecule is C[C@@H](OC(=O)/C=C/c1ccc2c(c1)OCCO2)C(=O)Nc1ccc2c(c1)OCCO2. The molecule has 156 valence electrons. The van der Waals surface area contributed by atoms with Crippen molar-refractivity contribution >= 4 is 23.6 Å². The molecule has 8 heteroatoms. The van der Waals surface area contributed by atoms with Crippen molar-refractivity contribution in [2.75, 3.05) is 31.7 Å². The molecule has 8 nitrogen and oxygen atoms in total. The number of benzene rings is 2. The van der Waals surface area contributed by atoms with Gasteiger partial charge in [-0.25, -0.2) is 4.79 Å². The van der Waals surface area contributed by atoms with Gasteiger partial charge in [-0.1, -0.05) is 6.07 Å². The van der Waals surface area contributed by atoms with Crippen LogP contribution >= 0.6 is 0 Å². The quantitative estimate of drug-likeness (QED) is 0.597. The van der Waals surface area contributed by atoms with E-state index in [4.69, 9.17) is 23.7 Å².